The number of rotatable bonds is 8. The normalized spacial score (nSPS) is 12.2. The maximum atomic E-state index is 13.3. The quantitative estimate of drug-likeness (QED) is 0.507. The molecule has 0 saturated heterocycles. The van der Waals surface area contributed by atoms with Gasteiger partial charge in [-0.1, -0.05) is 64.6 Å². The summed E-state index contributed by atoms with van der Waals surface area (Å²) in [6.07, 6.45) is 0.930. The maximum Gasteiger partial charge on any atom is 0.244 e. The molecule has 0 aromatic heterocycles. The van der Waals surface area contributed by atoms with Crippen LogP contribution in [0.1, 0.15) is 12.5 Å². The first-order valence-corrected chi connectivity index (χ1v) is 12.6. The van der Waals surface area contributed by atoms with Gasteiger partial charge in [-0.3, -0.25) is 13.9 Å². The number of amides is 2. The van der Waals surface area contributed by atoms with Crippen molar-refractivity contribution in [1.29, 1.82) is 0 Å². The second-order valence-corrected chi connectivity index (χ2v) is 10.4. The molecule has 0 saturated carbocycles. The van der Waals surface area contributed by atoms with Crippen LogP contribution in [0.2, 0.25) is 20.1 Å². The fourth-order valence-corrected chi connectivity index (χ4v) is 4.64. The molecule has 1 N–H and O–H groups in total. The summed E-state index contributed by atoms with van der Waals surface area (Å²) in [5, 5.41) is 3.09. The van der Waals surface area contributed by atoms with Crippen molar-refractivity contribution in [3.05, 3.63) is 62.1 Å². The Kier molecular flexibility index (Phi) is 9.07. The van der Waals surface area contributed by atoms with Gasteiger partial charge in [0.15, 0.2) is 0 Å². The number of benzene rings is 2. The van der Waals surface area contributed by atoms with E-state index in [1.54, 1.807) is 24.3 Å². The van der Waals surface area contributed by atoms with E-state index in [0.29, 0.717) is 10.6 Å². The van der Waals surface area contributed by atoms with Gasteiger partial charge in [0.1, 0.15) is 12.6 Å². The van der Waals surface area contributed by atoms with E-state index in [1.807, 2.05) is 0 Å². The van der Waals surface area contributed by atoms with E-state index < -0.39 is 34.4 Å². The van der Waals surface area contributed by atoms with Crippen molar-refractivity contribution < 1.29 is 18.0 Å². The number of halogens is 4. The highest BCUT2D eigenvalue weighted by atomic mass is 35.5. The Morgan fingerprint density at radius 2 is 1.59 bits per heavy atom. The Morgan fingerprint density at radius 3 is 2.16 bits per heavy atom. The van der Waals surface area contributed by atoms with Crippen molar-refractivity contribution in [1.82, 2.24) is 10.2 Å². The van der Waals surface area contributed by atoms with Crippen LogP contribution in [0, 0.1) is 0 Å². The molecule has 1 atom stereocenters. The predicted octanol–water partition coefficient (Wildman–Crippen LogP) is 4.23. The molecule has 0 spiro atoms. The molecule has 0 aliphatic rings. The van der Waals surface area contributed by atoms with Crippen LogP contribution >= 0.6 is 46.4 Å². The van der Waals surface area contributed by atoms with Crippen LogP contribution in [0.15, 0.2) is 36.4 Å². The molecule has 2 aromatic rings. The van der Waals surface area contributed by atoms with Gasteiger partial charge in [-0.25, -0.2) is 8.42 Å². The number of nitrogens with zero attached hydrogens (tertiary/aromatic N) is 2. The molecule has 7 nitrogen and oxygen atoms in total. The Hall–Kier alpha value is -1.71. The first kappa shape index (κ1) is 26.5. The number of nitrogens with one attached hydrogen (secondary N) is 1. The monoisotopic (exact) mass is 539 g/mol. The summed E-state index contributed by atoms with van der Waals surface area (Å²) in [4.78, 5) is 26.8. The third kappa shape index (κ3) is 6.42. The fourth-order valence-electron chi connectivity index (χ4n) is 2.90. The molecule has 0 fully saturated rings. The van der Waals surface area contributed by atoms with Crippen LogP contribution in [-0.4, -0.2) is 51.0 Å². The second-order valence-electron chi connectivity index (χ2n) is 6.89. The predicted molar refractivity (Wildman–Crippen MR) is 129 cm³/mol. The molecule has 174 valence electrons. The van der Waals surface area contributed by atoms with Gasteiger partial charge in [0, 0.05) is 18.6 Å². The van der Waals surface area contributed by atoms with Gasteiger partial charge in [0.2, 0.25) is 21.8 Å². The minimum atomic E-state index is -3.96. The lowest BCUT2D eigenvalue weighted by Crippen LogP contribution is -2.50. The van der Waals surface area contributed by atoms with Gasteiger partial charge < -0.3 is 10.2 Å². The Labute approximate surface area is 207 Å². The first-order chi connectivity index (χ1) is 14.9. The molecule has 2 aromatic carbocycles. The van der Waals surface area contributed by atoms with Crippen molar-refractivity contribution in [3.63, 3.8) is 0 Å². The zero-order valence-corrected chi connectivity index (χ0v) is 21.2. The van der Waals surface area contributed by atoms with E-state index in [2.05, 4.69) is 5.32 Å². The number of sulfonamides is 1. The summed E-state index contributed by atoms with van der Waals surface area (Å²) in [6, 6.07) is 8.49. The Morgan fingerprint density at radius 1 is 1.00 bits per heavy atom. The highest BCUT2D eigenvalue weighted by Gasteiger charge is 2.31. The molecule has 0 bridgehead atoms. The summed E-state index contributed by atoms with van der Waals surface area (Å²) in [7, 11) is -2.52. The zero-order valence-electron chi connectivity index (χ0n) is 17.4. The smallest absolute Gasteiger partial charge is 0.244 e. The van der Waals surface area contributed by atoms with E-state index in [4.69, 9.17) is 46.4 Å². The van der Waals surface area contributed by atoms with Gasteiger partial charge >= 0.3 is 0 Å². The largest absolute Gasteiger partial charge is 0.357 e. The number of carbonyl (C=O) groups excluding carboxylic acids is 2. The molecular weight excluding hydrogens is 520 g/mol. The van der Waals surface area contributed by atoms with Crippen LogP contribution in [-0.2, 0) is 26.2 Å². The van der Waals surface area contributed by atoms with Crippen molar-refractivity contribution in [2.75, 3.05) is 24.2 Å². The molecule has 0 unspecified atom stereocenters. The second kappa shape index (κ2) is 10.9. The molecule has 12 heteroatoms. The molecule has 0 aliphatic heterocycles. The van der Waals surface area contributed by atoms with Gasteiger partial charge in [-0.2, -0.15) is 0 Å². The van der Waals surface area contributed by atoms with Gasteiger partial charge in [0.25, 0.3) is 0 Å². The number of anilines is 1. The molecule has 0 aliphatic carbocycles. The van der Waals surface area contributed by atoms with Gasteiger partial charge in [-0.05, 0) is 30.7 Å². The lowest BCUT2D eigenvalue weighted by molar-refractivity contribution is -0.139. The lowest BCUT2D eigenvalue weighted by Gasteiger charge is -2.31. The average molecular weight is 541 g/mol. The highest BCUT2D eigenvalue weighted by molar-refractivity contribution is 7.92. The molecule has 0 heterocycles. The molecule has 2 amide bonds. The Balaban J connectivity index is 2.47. The topological polar surface area (TPSA) is 86.8 Å². The SMILES string of the molecule is CNC(=O)[C@H](C)N(Cc1ccccc1Cl)C(=O)CN(c1cc(Cl)c(Cl)cc1Cl)S(C)(=O)=O. The first-order valence-electron chi connectivity index (χ1n) is 9.23. The van der Waals surface area contributed by atoms with E-state index >= 15 is 0 Å². The average Bonchev–Trinajstić information content (AvgIpc) is 2.72. The van der Waals surface area contributed by atoms with Crippen molar-refractivity contribution in [2.24, 2.45) is 0 Å². The third-order valence-electron chi connectivity index (χ3n) is 4.65. The van der Waals surface area contributed by atoms with E-state index in [9.17, 15) is 18.0 Å². The van der Waals surface area contributed by atoms with Gasteiger partial charge in [0.05, 0.1) is 27.0 Å². The number of hydrogen-bond acceptors (Lipinski definition) is 4. The third-order valence-corrected chi connectivity index (χ3v) is 7.17. The van der Waals surface area contributed by atoms with E-state index in [1.165, 1.54) is 31.0 Å². The highest BCUT2D eigenvalue weighted by Crippen LogP contribution is 2.35. The number of likely N-dealkylation sites (N-methyl/N-ethyl adjacent to an activating group) is 1. The maximum absolute atomic E-state index is 13.3. The molecule has 0 radical (unpaired) electrons. The van der Waals surface area contributed by atoms with Crippen LogP contribution in [0.25, 0.3) is 0 Å². The minimum Gasteiger partial charge on any atom is -0.357 e. The standard InChI is InChI=1S/C20H21Cl4N3O4S/c1-12(20(29)25-2)26(10-13-6-4-5-7-14(13)21)19(28)11-27(32(3,30)31)18-9-16(23)15(22)8-17(18)24/h4-9,12H,10-11H2,1-3H3,(H,25,29)/t12-/m0/s1. The molecule has 2 rings (SSSR count). The van der Waals surface area contributed by atoms with Crippen molar-refractivity contribution in [2.45, 2.75) is 19.5 Å². The summed E-state index contributed by atoms with van der Waals surface area (Å²) < 4.78 is 25.9. The fraction of sp³-hybridized carbons (Fsp3) is 0.300. The van der Waals surface area contributed by atoms with E-state index in [0.717, 1.165) is 10.6 Å². The van der Waals surface area contributed by atoms with Crippen molar-refractivity contribution >= 4 is 73.9 Å². The number of carbonyl (C=O) groups is 2. The number of hydrogen-bond donors (Lipinski definition) is 1. The summed E-state index contributed by atoms with van der Waals surface area (Å²) >= 11 is 24.4. The molecule has 32 heavy (non-hydrogen) atoms. The summed E-state index contributed by atoms with van der Waals surface area (Å²) in [5.41, 5.74) is 0.582. The van der Waals surface area contributed by atoms with E-state index in [-0.39, 0.29) is 27.3 Å². The van der Waals surface area contributed by atoms with Gasteiger partial charge in [-0.15, -0.1) is 0 Å². The zero-order chi connectivity index (χ0) is 24.2. The summed E-state index contributed by atoms with van der Waals surface area (Å²) in [5.74, 6) is -1.07. The van der Waals surface area contributed by atoms with Crippen LogP contribution in [0.4, 0.5) is 5.69 Å². The molecular formula is C20H21Cl4N3O4S. The lowest BCUT2D eigenvalue weighted by atomic mass is 10.1. The minimum absolute atomic E-state index is 0.00497. The Bertz CT molecular complexity index is 1130. The van der Waals surface area contributed by atoms with Crippen LogP contribution in [0.5, 0.6) is 0 Å². The van der Waals surface area contributed by atoms with Crippen LogP contribution < -0.4 is 9.62 Å². The van der Waals surface area contributed by atoms with Crippen molar-refractivity contribution in [3.8, 4) is 0 Å². The van der Waals surface area contributed by atoms with Crippen LogP contribution in [0.3, 0.4) is 0 Å². The summed E-state index contributed by atoms with van der Waals surface area (Å²) in [6.45, 7) is 0.895.